The molecule has 0 bridgehead atoms. The molecule has 8 rings (SSSR count). The van der Waals surface area contributed by atoms with E-state index in [1.807, 2.05) is 30.3 Å². The zero-order chi connectivity index (χ0) is 31.0. The number of hydrogen-bond donors (Lipinski definition) is 3. The van der Waals surface area contributed by atoms with Crippen LogP contribution in [-0.2, 0) is 4.79 Å². The van der Waals surface area contributed by atoms with Gasteiger partial charge in [-0.15, -0.1) is 0 Å². The van der Waals surface area contributed by atoms with Gasteiger partial charge in [0.05, 0.1) is 34.8 Å². The lowest BCUT2D eigenvalue weighted by atomic mass is 9.85. The van der Waals surface area contributed by atoms with Crippen LogP contribution in [0.5, 0.6) is 5.75 Å². The number of aromatic nitrogens is 5. The second-order valence-corrected chi connectivity index (χ2v) is 12.3. The fraction of sp³-hybridized carbons (Fsp3) is 0.278. The van der Waals surface area contributed by atoms with Gasteiger partial charge in [0.1, 0.15) is 23.9 Å². The molecule has 9 nitrogen and oxygen atoms in total. The van der Waals surface area contributed by atoms with E-state index < -0.39 is 0 Å². The summed E-state index contributed by atoms with van der Waals surface area (Å²) in [6, 6.07) is 14.9. The van der Waals surface area contributed by atoms with Gasteiger partial charge in [0.15, 0.2) is 0 Å². The van der Waals surface area contributed by atoms with Gasteiger partial charge in [0.2, 0.25) is 5.91 Å². The number of likely N-dealkylation sites (tertiary alicyclic amines) is 1. The van der Waals surface area contributed by atoms with Gasteiger partial charge in [0, 0.05) is 52.8 Å². The minimum Gasteiger partial charge on any atom is -0.492 e. The summed E-state index contributed by atoms with van der Waals surface area (Å²) in [5, 5.41) is 12.7. The SMILES string of the molecule is O=C(Nc1cncc(-c2ccc3[nH]nc(-c4cc5c(-c6cc(F)cc(OCCN7CCCC7)c6)cncc5[nH]4)c3c2)c1)C1CCC1. The molecule has 5 heterocycles. The van der Waals surface area contributed by atoms with Crippen LogP contribution in [0.2, 0.25) is 0 Å². The Morgan fingerprint density at radius 2 is 1.76 bits per heavy atom. The van der Waals surface area contributed by atoms with Gasteiger partial charge >= 0.3 is 0 Å². The van der Waals surface area contributed by atoms with Crippen molar-refractivity contribution < 1.29 is 13.9 Å². The number of pyridine rings is 2. The van der Waals surface area contributed by atoms with Crippen molar-refractivity contribution in [3.8, 4) is 39.4 Å². The molecular weight excluding hydrogens is 581 g/mol. The minimum atomic E-state index is -0.353. The first-order valence-electron chi connectivity index (χ1n) is 15.9. The summed E-state index contributed by atoms with van der Waals surface area (Å²) in [5.41, 5.74) is 7.32. The van der Waals surface area contributed by atoms with Crippen LogP contribution in [0, 0.1) is 11.7 Å². The Morgan fingerprint density at radius 3 is 2.61 bits per heavy atom. The number of nitrogens with zero attached hydrogens (tertiary/aromatic N) is 4. The lowest BCUT2D eigenvalue weighted by molar-refractivity contribution is -0.122. The molecule has 1 aliphatic carbocycles. The van der Waals surface area contributed by atoms with E-state index in [9.17, 15) is 9.18 Å². The average Bonchev–Trinajstić information content (AvgIpc) is 3.79. The number of nitrogens with one attached hydrogen (secondary N) is 3. The Labute approximate surface area is 265 Å². The Hall–Kier alpha value is -5.09. The van der Waals surface area contributed by atoms with Gasteiger partial charge in [-0.05, 0) is 86.3 Å². The maximum atomic E-state index is 14.8. The van der Waals surface area contributed by atoms with Crippen LogP contribution in [0.25, 0.3) is 55.4 Å². The summed E-state index contributed by atoms with van der Waals surface area (Å²) < 4.78 is 20.8. The molecule has 46 heavy (non-hydrogen) atoms. The molecule has 1 saturated carbocycles. The number of H-pyrrole nitrogens is 2. The number of fused-ring (bicyclic) bond motifs is 2. The number of anilines is 1. The largest absolute Gasteiger partial charge is 0.492 e. The van der Waals surface area contributed by atoms with E-state index in [1.165, 1.54) is 25.0 Å². The lowest BCUT2D eigenvalue weighted by Crippen LogP contribution is -2.28. The van der Waals surface area contributed by atoms with Gasteiger partial charge < -0.3 is 15.0 Å². The van der Waals surface area contributed by atoms with Crippen molar-refractivity contribution in [1.82, 2.24) is 30.0 Å². The first kappa shape index (κ1) is 28.4. The van der Waals surface area contributed by atoms with Crippen molar-refractivity contribution in [2.24, 2.45) is 5.92 Å². The summed E-state index contributed by atoms with van der Waals surface area (Å²) in [6.07, 6.45) is 12.4. The summed E-state index contributed by atoms with van der Waals surface area (Å²) >= 11 is 0. The molecule has 232 valence electrons. The fourth-order valence-electron chi connectivity index (χ4n) is 6.49. The first-order chi connectivity index (χ1) is 22.6. The molecule has 3 N–H and O–H groups in total. The molecule has 0 radical (unpaired) electrons. The molecule has 1 amide bonds. The maximum Gasteiger partial charge on any atom is 0.227 e. The molecule has 0 spiro atoms. The molecule has 6 aromatic rings. The van der Waals surface area contributed by atoms with E-state index in [0.717, 1.165) is 88.8 Å². The van der Waals surface area contributed by atoms with E-state index >= 15 is 0 Å². The maximum absolute atomic E-state index is 14.8. The molecule has 1 saturated heterocycles. The molecule has 10 heteroatoms. The molecule has 2 fully saturated rings. The van der Waals surface area contributed by atoms with Crippen molar-refractivity contribution in [3.05, 3.63) is 79.1 Å². The predicted octanol–water partition coefficient (Wildman–Crippen LogP) is 7.19. The van der Waals surface area contributed by atoms with Crippen molar-refractivity contribution in [1.29, 1.82) is 0 Å². The van der Waals surface area contributed by atoms with E-state index in [0.29, 0.717) is 23.6 Å². The first-order valence-corrected chi connectivity index (χ1v) is 15.9. The highest BCUT2D eigenvalue weighted by atomic mass is 19.1. The van der Waals surface area contributed by atoms with Crippen LogP contribution < -0.4 is 10.1 Å². The molecule has 1 aliphatic heterocycles. The van der Waals surface area contributed by atoms with Crippen LogP contribution in [-0.4, -0.2) is 62.2 Å². The predicted molar refractivity (Wildman–Crippen MR) is 177 cm³/mol. The molecule has 2 aliphatic rings. The van der Waals surface area contributed by atoms with E-state index in [2.05, 4.69) is 41.4 Å². The van der Waals surface area contributed by atoms with E-state index in [4.69, 9.17) is 4.74 Å². The number of carbonyl (C=O) groups is 1. The Bertz CT molecular complexity index is 2060. The molecule has 0 unspecified atom stereocenters. The highest BCUT2D eigenvalue weighted by molar-refractivity contribution is 6.01. The van der Waals surface area contributed by atoms with Crippen LogP contribution in [0.1, 0.15) is 32.1 Å². The number of carbonyl (C=O) groups excluding carboxylic acids is 1. The van der Waals surface area contributed by atoms with Gasteiger partial charge in [-0.1, -0.05) is 12.5 Å². The number of rotatable bonds is 9. The summed E-state index contributed by atoms with van der Waals surface area (Å²) in [6.45, 7) is 3.54. The summed E-state index contributed by atoms with van der Waals surface area (Å²) in [5.74, 6) is 0.314. The van der Waals surface area contributed by atoms with Crippen molar-refractivity contribution in [2.75, 3.05) is 31.6 Å². The quantitative estimate of drug-likeness (QED) is 0.159. The molecule has 0 atom stereocenters. The van der Waals surface area contributed by atoms with Crippen LogP contribution in [0.15, 0.2) is 73.3 Å². The lowest BCUT2D eigenvalue weighted by Gasteiger charge is -2.24. The number of hydrogen-bond acceptors (Lipinski definition) is 6. The van der Waals surface area contributed by atoms with Gasteiger partial charge in [-0.25, -0.2) is 4.39 Å². The third-order valence-electron chi connectivity index (χ3n) is 9.24. The Balaban J connectivity index is 1.09. The van der Waals surface area contributed by atoms with Crippen molar-refractivity contribution in [2.45, 2.75) is 32.1 Å². The average molecular weight is 616 g/mol. The number of benzene rings is 2. The smallest absolute Gasteiger partial charge is 0.227 e. The Morgan fingerprint density at radius 1 is 0.891 bits per heavy atom. The minimum absolute atomic E-state index is 0.0601. The second kappa shape index (κ2) is 12.0. The third-order valence-corrected chi connectivity index (χ3v) is 9.24. The third kappa shape index (κ3) is 5.60. The van der Waals surface area contributed by atoms with Crippen LogP contribution in [0.4, 0.5) is 10.1 Å². The van der Waals surface area contributed by atoms with E-state index in [1.54, 1.807) is 24.8 Å². The monoisotopic (exact) mass is 615 g/mol. The number of ether oxygens (including phenoxy) is 1. The van der Waals surface area contributed by atoms with Crippen molar-refractivity contribution >= 4 is 33.4 Å². The number of halogens is 1. The second-order valence-electron chi connectivity index (χ2n) is 12.3. The fourth-order valence-corrected chi connectivity index (χ4v) is 6.49. The normalized spacial score (nSPS) is 15.4. The zero-order valence-corrected chi connectivity index (χ0v) is 25.4. The van der Waals surface area contributed by atoms with Crippen molar-refractivity contribution in [3.63, 3.8) is 0 Å². The van der Waals surface area contributed by atoms with Crippen LogP contribution >= 0.6 is 0 Å². The number of amides is 1. The van der Waals surface area contributed by atoms with Gasteiger partial charge in [-0.3, -0.25) is 24.8 Å². The number of aromatic amines is 2. The summed E-state index contributed by atoms with van der Waals surface area (Å²) in [7, 11) is 0. The molecular formula is C36H34FN7O2. The zero-order valence-electron chi connectivity index (χ0n) is 25.4. The van der Waals surface area contributed by atoms with Crippen LogP contribution in [0.3, 0.4) is 0 Å². The van der Waals surface area contributed by atoms with Gasteiger partial charge in [-0.2, -0.15) is 5.10 Å². The standard InChI is InChI=1S/C36H34FN7O2/c37-26-12-24(14-28(16-26)46-11-10-44-8-1-2-9-44)31-20-39-21-34-29(31)17-33(41-34)35-30-15-23(6-7-32(30)42-43-35)25-13-27(19-38-18-25)40-36(45)22-4-3-5-22/h6-7,12-22,41H,1-5,8-11H2,(H,40,45)(H,42,43). The topological polar surface area (TPSA) is 112 Å². The highest BCUT2D eigenvalue weighted by Crippen LogP contribution is 2.36. The van der Waals surface area contributed by atoms with Gasteiger partial charge in [0.25, 0.3) is 0 Å². The molecule has 4 aromatic heterocycles. The van der Waals surface area contributed by atoms with E-state index in [-0.39, 0.29) is 17.6 Å². The summed E-state index contributed by atoms with van der Waals surface area (Å²) in [4.78, 5) is 27.2. The highest BCUT2D eigenvalue weighted by Gasteiger charge is 2.25. The molecule has 2 aromatic carbocycles. The Kier molecular flexibility index (Phi) is 7.42.